The number of carboxylic acid groups (broad SMARTS) is 2. The van der Waals surface area contributed by atoms with Gasteiger partial charge in [-0.3, -0.25) is 63.6 Å². The monoisotopic (exact) mass is 1410 g/mol. The number of phenolic OH excluding ortho intramolecular Hbond substituents is 1. The first-order valence-electron chi connectivity index (χ1n) is 32.8. The number of thioether (sulfide) groups is 1. The Bertz CT molecular complexity index is 2770. The fourth-order valence-electron chi connectivity index (χ4n) is 9.78. The summed E-state index contributed by atoms with van der Waals surface area (Å²) in [6.07, 6.45) is 0.637. The molecule has 0 spiro atoms. The summed E-state index contributed by atoms with van der Waals surface area (Å²) in [6, 6.07) is -10.3. The van der Waals surface area contributed by atoms with Crippen molar-refractivity contribution in [3.05, 3.63) is 29.8 Å². The molecule has 1 rings (SSSR count). The van der Waals surface area contributed by atoms with Gasteiger partial charge in [0.2, 0.25) is 59.1 Å². The maximum Gasteiger partial charge on any atom is 0.326 e. The highest BCUT2D eigenvalue weighted by Crippen LogP contribution is 2.16. The standard InChI is InChI=1S/C62H108N18O17S/c1-33(2)28-43(75-50(86)35(5)14-8-10-23-63)55(91)72-41(17-13-26-70-62(67)68)53(89)79-47(32-81)58(94)74-42(22-27-98-7)54(90)80-49(36(6)82)59(95)77-45(31-48(84)85)57(93)71-39(15-9-11-24-64)51(87)76-44(30-37-18-20-38(83)21-19-37)56(92)73-40(16-12-25-69-61(65)66)52(88)78-46(60(96)97)29-34(3)4/h18-21,33-36,39-47,49,81-83H,8-17,22-32,63-64H2,1-7H3,(H,71,93)(H,72,91)(H,73,92)(H,74,94)(H,75,86)(H,76,87)(H,77,95)(H,78,88)(H,79,89)(H,80,90)(H,84,85)(H,96,97)(H4,65,66,69)(H4,67,68,70)/t35-,36+,39-,40-,41-,42-,43-,44-,45-,46-,47-,49-/m0/s1. The van der Waals surface area contributed by atoms with Crippen LogP contribution in [0.1, 0.15) is 137 Å². The molecule has 0 aliphatic rings. The highest BCUT2D eigenvalue weighted by Gasteiger charge is 2.38. The minimum atomic E-state index is -2.04. The summed E-state index contributed by atoms with van der Waals surface area (Å²) in [7, 11) is 0. The number of nitrogens with two attached hydrogens (primary N) is 4. The number of aromatic hydroxyl groups is 1. The van der Waals surface area contributed by atoms with Crippen LogP contribution in [0.25, 0.3) is 0 Å². The van der Waals surface area contributed by atoms with Gasteiger partial charge >= 0.3 is 11.9 Å². The number of aliphatic carboxylic acids is 2. The first-order chi connectivity index (χ1) is 46.2. The molecular weight excluding hydrogens is 1300 g/mol. The third-order valence-electron chi connectivity index (χ3n) is 15.2. The van der Waals surface area contributed by atoms with Crippen molar-refractivity contribution in [2.24, 2.45) is 40.7 Å². The van der Waals surface area contributed by atoms with E-state index in [1.807, 2.05) is 13.8 Å². The number of unbranched alkanes of at least 4 members (excludes halogenated alkanes) is 2. The van der Waals surface area contributed by atoms with Crippen molar-refractivity contribution in [2.45, 2.75) is 204 Å². The van der Waals surface area contributed by atoms with E-state index in [4.69, 9.17) is 33.8 Å². The largest absolute Gasteiger partial charge is 0.508 e. The minimum Gasteiger partial charge on any atom is -0.508 e. The molecule has 10 amide bonds. The van der Waals surface area contributed by atoms with Gasteiger partial charge in [-0.15, -0.1) is 0 Å². The fourth-order valence-corrected chi connectivity index (χ4v) is 10.3. The van der Waals surface area contributed by atoms with Crippen molar-refractivity contribution >= 4 is 94.7 Å². The molecule has 1 aromatic rings. The Labute approximate surface area is 575 Å². The predicted molar refractivity (Wildman–Crippen MR) is 365 cm³/mol. The van der Waals surface area contributed by atoms with E-state index < -0.39 is 156 Å². The van der Waals surface area contributed by atoms with Crippen LogP contribution in [0, 0.1) is 28.6 Å². The molecule has 0 aliphatic heterocycles. The average Bonchev–Trinajstić information content (AvgIpc) is 0.992. The maximum atomic E-state index is 14.5. The molecule has 0 aromatic heterocycles. The SMILES string of the molecule is CSCC[C@H](NC(=O)[C@H](CO)NC(=O)[C@H](CCCNC(=N)N)NC(=O)[C@H](CC(C)C)NC(=O)[C@@H](C)CCCCN)C(=O)N[C@H](C(=O)N[C@@H](CC(=O)O)C(=O)N[C@@H](CCCCN)C(=O)N[C@@H](Cc1ccc(O)cc1)C(=O)N[C@@H](CCCNC(=N)N)C(=O)N[C@@H](CC(C)C)C(=O)O)[C@@H](C)O. The predicted octanol–water partition coefficient (Wildman–Crippen LogP) is -4.02. The molecule has 0 heterocycles. The van der Waals surface area contributed by atoms with E-state index in [2.05, 4.69) is 63.8 Å². The Morgan fingerprint density at radius 2 is 0.847 bits per heavy atom. The highest BCUT2D eigenvalue weighted by atomic mass is 32.2. The first kappa shape index (κ1) is 87.4. The molecule has 554 valence electrons. The number of phenols is 1. The Morgan fingerprint density at radius 1 is 0.469 bits per heavy atom. The number of hydrogen-bond acceptors (Lipinski definition) is 20. The molecule has 0 fully saturated rings. The Hall–Kier alpha value is -8.61. The summed E-state index contributed by atoms with van der Waals surface area (Å²) >= 11 is 1.23. The van der Waals surface area contributed by atoms with Crippen LogP contribution in [0.2, 0.25) is 0 Å². The lowest BCUT2D eigenvalue weighted by atomic mass is 9.99. The van der Waals surface area contributed by atoms with E-state index in [-0.39, 0.29) is 119 Å². The summed E-state index contributed by atoms with van der Waals surface area (Å²) in [6.45, 7) is 9.57. The molecular formula is C62H108N18O17S. The Kier molecular flexibility index (Phi) is 42.2. The van der Waals surface area contributed by atoms with Crippen LogP contribution in [-0.2, 0) is 64.0 Å². The van der Waals surface area contributed by atoms with Gasteiger partial charge in [-0.2, -0.15) is 11.8 Å². The Morgan fingerprint density at radius 3 is 1.29 bits per heavy atom. The molecule has 0 bridgehead atoms. The van der Waals surface area contributed by atoms with Gasteiger partial charge in [-0.25, -0.2) is 4.79 Å². The summed E-state index contributed by atoms with van der Waals surface area (Å²) in [5.41, 5.74) is 22.6. The molecule has 12 atom stereocenters. The molecule has 1 aromatic carbocycles. The molecule has 0 aliphatic carbocycles. The van der Waals surface area contributed by atoms with Gasteiger partial charge in [-0.05, 0) is 139 Å². The third kappa shape index (κ3) is 35.6. The smallest absolute Gasteiger partial charge is 0.326 e. The van der Waals surface area contributed by atoms with Crippen molar-refractivity contribution in [2.75, 3.05) is 44.8 Å². The number of carbonyl (C=O) groups excluding carboxylic acids is 10. The number of carbonyl (C=O) groups is 12. The zero-order valence-electron chi connectivity index (χ0n) is 57.1. The minimum absolute atomic E-state index is 0.0270. The molecule has 0 radical (unpaired) electrons. The van der Waals surface area contributed by atoms with Gasteiger partial charge in [0.25, 0.3) is 0 Å². The number of rotatable bonds is 50. The number of amides is 10. The van der Waals surface area contributed by atoms with Crippen molar-refractivity contribution in [3.63, 3.8) is 0 Å². The second-order valence-electron chi connectivity index (χ2n) is 24.7. The van der Waals surface area contributed by atoms with Gasteiger partial charge in [0.15, 0.2) is 11.9 Å². The second-order valence-corrected chi connectivity index (χ2v) is 25.7. The number of guanidine groups is 2. The normalized spacial score (nSPS) is 14.8. The van der Waals surface area contributed by atoms with Gasteiger partial charge in [0.1, 0.15) is 66.2 Å². The number of carboxylic acids is 2. The summed E-state index contributed by atoms with van der Waals surface area (Å²) in [4.78, 5) is 165. The fraction of sp³-hybridized carbons (Fsp3) is 0.677. The van der Waals surface area contributed by atoms with Crippen LogP contribution >= 0.6 is 11.8 Å². The van der Waals surface area contributed by atoms with Gasteiger partial charge in [-0.1, -0.05) is 53.2 Å². The molecule has 36 heteroatoms. The molecule has 0 saturated heterocycles. The zero-order valence-corrected chi connectivity index (χ0v) is 57.9. The van der Waals surface area contributed by atoms with Crippen molar-refractivity contribution in [3.8, 4) is 5.75 Å². The van der Waals surface area contributed by atoms with E-state index in [0.29, 0.717) is 37.8 Å². The molecule has 35 nitrogen and oxygen atoms in total. The number of aliphatic hydroxyl groups excluding tert-OH is 2. The van der Waals surface area contributed by atoms with E-state index in [9.17, 15) is 83.1 Å². The van der Waals surface area contributed by atoms with Crippen LogP contribution < -0.4 is 86.7 Å². The third-order valence-corrected chi connectivity index (χ3v) is 15.8. The van der Waals surface area contributed by atoms with Crippen LogP contribution in [0.15, 0.2) is 24.3 Å². The molecule has 0 unspecified atom stereocenters. The lowest BCUT2D eigenvalue weighted by Crippen LogP contribution is -2.62. The van der Waals surface area contributed by atoms with Gasteiger partial charge in [0.05, 0.1) is 19.1 Å². The number of aliphatic hydroxyl groups is 2. The number of benzene rings is 1. The van der Waals surface area contributed by atoms with E-state index in [0.717, 1.165) is 6.92 Å². The molecule has 98 heavy (non-hydrogen) atoms. The van der Waals surface area contributed by atoms with E-state index in [1.165, 1.54) is 36.0 Å². The number of hydrogen-bond donors (Lipinski definition) is 23. The lowest BCUT2D eigenvalue weighted by molar-refractivity contribution is -0.143. The second kappa shape index (κ2) is 47.4. The van der Waals surface area contributed by atoms with Gasteiger partial charge in [0, 0.05) is 25.4 Å². The van der Waals surface area contributed by atoms with Crippen molar-refractivity contribution < 1.29 is 83.1 Å². The van der Waals surface area contributed by atoms with Crippen LogP contribution in [0.5, 0.6) is 5.75 Å². The summed E-state index contributed by atoms with van der Waals surface area (Å²) in [5, 5.41) is 96.3. The van der Waals surface area contributed by atoms with E-state index in [1.54, 1.807) is 27.0 Å². The lowest BCUT2D eigenvalue weighted by Gasteiger charge is -2.29. The Balaban J connectivity index is 3.63. The maximum absolute atomic E-state index is 14.5. The molecule has 27 N–H and O–H groups in total. The highest BCUT2D eigenvalue weighted by molar-refractivity contribution is 7.98. The quantitative estimate of drug-likeness (QED) is 0.0168. The van der Waals surface area contributed by atoms with Crippen LogP contribution in [0.4, 0.5) is 0 Å². The average molecular weight is 1410 g/mol. The summed E-state index contributed by atoms with van der Waals surface area (Å²) < 4.78 is 0. The number of nitrogens with one attached hydrogen (secondary N) is 14. The van der Waals surface area contributed by atoms with Gasteiger partial charge < -0.3 is 112 Å². The van der Waals surface area contributed by atoms with Crippen molar-refractivity contribution in [1.29, 1.82) is 10.8 Å². The first-order valence-corrected chi connectivity index (χ1v) is 34.2. The summed E-state index contributed by atoms with van der Waals surface area (Å²) in [5.74, 6) is -14.3. The van der Waals surface area contributed by atoms with Crippen LogP contribution in [-0.4, -0.2) is 220 Å². The topological polar surface area (TPSA) is 602 Å². The zero-order chi connectivity index (χ0) is 74.2. The molecule has 0 saturated carbocycles. The van der Waals surface area contributed by atoms with E-state index >= 15 is 0 Å². The van der Waals surface area contributed by atoms with Crippen LogP contribution in [0.3, 0.4) is 0 Å². The van der Waals surface area contributed by atoms with Crippen molar-refractivity contribution in [1.82, 2.24) is 63.8 Å².